The zero-order valence-electron chi connectivity index (χ0n) is 16.2. The third-order valence-corrected chi connectivity index (χ3v) is 7.56. The van der Waals surface area contributed by atoms with Gasteiger partial charge in [0, 0.05) is 34.0 Å². The Morgan fingerprint density at radius 2 is 1.79 bits per heavy atom. The molecular weight excluding hydrogens is 398 g/mol. The van der Waals surface area contributed by atoms with Crippen LogP contribution in [0.15, 0.2) is 70.4 Å². The fraction of sp³-hybridized carbons (Fsp3) is 0.217. The fourth-order valence-electron chi connectivity index (χ4n) is 3.80. The van der Waals surface area contributed by atoms with Crippen LogP contribution in [-0.4, -0.2) is 28.3 Å². The van der Waals surface area contributed by atoms with E-state index >= 15 is 0 Å². The van der Waals surface area contributed by atoms with Gasteiger partial charge in [-0.1, -0.05) is 36.4 Å². The van der Waals surface area contributed by atoms with Crippen molar-refractivity contribution in [3.05, 3.63) is 87.2 Å². The monoisotopic (exact) mass is 419 g/mol. The highest BCUT2D eigenvalue weighted by molar-refractivity contribution is 7.98. The van der Waals surface area contributed by atoms with Crippen LogP contribution < -0.4 is 5.56 Å². The van der Waals surface area contributed by atoms with Crippen molar-refractivity contribution in [1.82, 2.24) is 14.7 Å². The summed E-state index contributed by atoms with van der Waals surface area (Å²) in [6.07, 6.45) is 1.00. The molecule has 0 saturated heterocycles. The Bertz CT molecular complexity index is 1220. The van der Waals surface area contributed by atoms with Gasteiger partial charge in [0.05, 0.1) is 11.4 Å². The lowest BCUT2D eigenvalue weighted by Crippen LogP contribution is -2.26. The van der Waals surface area contributed by atoms with Crippen LogP contribution in [0.4, 0.5) is 0 Å². The van der Waals surface area contributed by atoms with Gasteiger partial charge >= 0.3 is 0 Å². The molecule has 4 nitrogen and oxygen atoms in total. The molecule has 0 bridgehead atoms. The number of fused-ring (bicyclic) bond motifs is 3. The third kappa shape index (κ3) is 3.52. The number of thioether (sulfide) groups is 1. The molecule has 29 heavy (non-hydrogen) atoms. The number of likely N-dealkylation sites (N-methyl/N-ethyl adjacent to an activating group) is 1. The first-order valence-electron chi connectivity index (χ1n) is 9.69. The maximum absolute atomic E-state index is 13.3. The van der Waals surface area contributed by atoms with Gasteiger partial charge in [0.15, 0.2) is 0 Å². The summed E-state index contributed by atoms with van der Waals surface area (Å²) in [5.74, 6) is 0.737. The van der Waals surface area contributed by atoms with Crippen molar-refractivity contribution in [2.24, 2.45) is 0 Å². The van der Waals surface area contributed by atoms with Gasteiger partial charge in [-0.15, -0.1) is 23.1 Å². The van der Waals surface area contributed by atoms with Gasteiger partial charge < -0.3 is 4.90 Å². The Labute approximate surface area is 177 Å². The van der Waals surface area contributed by atoms with Gasteiger partial charge in [-0.25, -0.2) is 0 Å². The van der Waals surface area contributed by atoms with Crippen molar-refractivity contribution >= 4 is 33.2 Å². The zero-order chi connectivity index (χ0) is 19.8. The molecule has 1 aliphatic rings. The van der Waals surface area contributed by atoms with Crippen molar-refractivity contribution in [3.63, 3.8) is 0 Å². The number of rotatable bonds is 4. The lowest BCUT2D eigenvalue weighted by molar-refractivity contribution is 0.317. The zero-order valence-corrected chi connectivity index (χ0v) is 17.8. The van der Waals surface area contributed by atoms with Crippen LogP contribution in [0.2, 0.25) is 0 Å². The van der Waals surface area contributed by atoms with E-state index in [1.165, 1.54) is 15.3 Å². The molecule has 0 atom stereocenters. The Hall–Kier alpha value is -2.41. The first kappa shape index (κ1) is 18.6. The van der Waals surface area contributed by atoms with Gasteiger partial charge in [0.2, 0.25) is 0 Å². The lowest BCUT2D eigenvalue weighted by Gasteiger charge is -2.22. The van der Waals surface area contributed by atoms with Gasteiger partial charge in [-0.3, -0.25) is 4.79 Å². The molecule has 4 aromatic rings. The standard InChI is InChI=1S/C23H21N3OS2/c1-25-13-12-20-18(14-25)21-19(15-28-17-10-6-3-7-11-17)24-26(23(27)22(21)29-20)16-8-4-2-5-9-16/h2-11H,12-15H2,1H3. The molecule has 0 unspecified atom stereocenters. The first-order valence-corrected chi connectivity index (χ1v) is 11.5. The average molecular weight is 420 g/mol. The third-order valence-electron chi connectivity index (χ3n) is 5.25. The van der Waals surface area contributed by atoms with E-state index in [2.05, 4.69) is 36.2 Å². The second-order valence-corrected chi connectivity index (χ2v) is 9.45. The smallest absolute Gasteiger partial charge is 0.289 e. The predicted molar refractivity (Wildman–Crippen MR) is 121 cm³/mol. The van der Waals surface area contributed by atoms with Crippen LogP contribution >= 0.6 is 23.1 Å². The normalized spacial score (nSPS) is 14.2. The van der Waals surface area contributed by atoms with E-state index < -0.39 is 0 Å². The molecule has 0 N–H and O–H groups in total. The summed E-state index contributed by atoms with van der Waals surface area (Å²) in [6.45, 7) is 1.92. The maximum atomic E-state index is 13.3. The van der Waals surface area contributed by atoms with E-state index in [9.17, 15) is 4.79 Å². The highest BCUT2D eigenvalue weighted by Gasteiger charge is 2.24. The van der Waals surface area contributed by atoms with Gasteiger partial charge in [-0.05, 0) is 43.3 Å². The van der Waals surface area contributed by atoms with Crippen LogP contribution in [-0.2, 0) is 18.7 Å². The summed E-state index contributed by atoms with van der Waals surface area (Å²) in [6, 6.07) is 20.1. The maximum Gasteiger partial charge on any atom is 0.289 e. The lowest BCUT2D eigenvalue weighted by atomic mass is 10.1. The van der Waals surface area contributed by atoms with E-state index in [0.29, 0.717) is 0 Å². The van der Waals surface area contributed by atoms with Crippen LogP contribution in [0, 0.1) is 0 Å². The summed E-state index contributed by atoms with van der Waals surface area (Å²) in [4.78, 5) is 18.2. The minimum absolute atomic E-state index is 0.0123. The molecule has 1 aliphatic heterocycles. The van der Waals surface area contributed by atoms with Crippen LogP contribution in [0.25, 0.3) is 15.8 Å². The summed E-state index contributed by atoms with van der Waals surface area (Å²) < 4.78 is 2.42. The van der Waals surface area contributed by atoms with Crippen LogP contribution in [0.5, 0.6) is 0 Å². The minimum Gasteiger partial charge on any atom is -0.302 e. The summed E-state index contributed by atoms with van der Waals surface area (Å²) in [5, 5.41) is 5.94. The largest absolute Gasteiger partial charge is 0.302 e. The Balaban J connectivity index is 1.68. The molecule has 2 aromatic carbocycles. The molecule has 0 radical (unpaired) electrons. The molecule has 0 aliphatic carbocycles. The van der Waals surface area contributed by atoms with Crippen molar-refractivity contribution in [2.75, 3.05) is 13.6 Å². The molecule has 146 valence electrons. The quantitative estimate of drug-likeness (QED) is 0.448. The molecule has 3 heterocycles. The first-order chi connectivity index (χ1) is 14.2. The minimum atomic E-state index is -0.0123. The molecule has 0 spiro atoms. The van der Waals surface area contributed by atoms with E-state index in [-0.39, 0.29) is 5.56 Å². The Morgan fingerprint density at radius 1 is 1.07 bits per heavy atom. The van der Waals surface area contributed by atoms with Crippen molar-refractivity contribution in [1.29, 1.82) is 0 Å². The molecule has 2 aromatic heterocycles. The number of hydrogen-bond acceptors (Lipinski definition) is 5. The van der Waals surface area contributed by atoms with Gasteiger partial charge in [0.25, 0.3) is 5.56 Å². The number of para-hydroxylation sites is 1. The number of thiophene rings is 1. The van der Waals surface area contributed by atoms with Crippen LogP contribution in [0.3, 0.4) is 0 Å². The Morgan fingerprint density at radius 3 is 2.55 bits per heavy atom. The van der Waals surface area contributed by atoms with E-state index in [4.69, 9.17) is 5.10 Å². The number of aromatic nitrogens is 2. The number of nitrogens with zero attached hydrogens (tertiary/aromatic N) is 3. The van der Waals surface area contributed by atoms with E-state index in [0.717, 1.165) is 46.7 Å². The molecule has 0 saturated carbocycles. The average Bonchev–Trinajstić information content (AvgIpc) is 3.14. The molecular formula is C23H21N3OS2. The molecule has 0 fully saturated rings. The van der Waals surface area contributed by atoms with Crippen molar-refractivity contribution < 1.29 is 0 Å². The fourth-order valence-corrected chi connectivity index (χ4v) is 5.91. The SMILES string of the molecule is CN1CCc2sc3c(=O)n(-c4ccccc4)nc(CSc4ccccc4)c3c2C1. The summed E-state index contributed by atoms with van der Waals surface area (Å²) >= 11 is 3.43. The van der Waals surface area contributed by atoms with Crippen LogP contribution in [0.1, 0.15) is 16.1 Å². The topological polar surface area (TPSA) is 38.1 Å². The number of hydrogen-bond donors (Lipinski definition) is 0. The molecule has 5 rings (SSSR count). The van der Waals surface area contributed by atoms with Crippen molar-refractivity contribution in [3.8, 4) is 5.69 Å². The summed E-state index contributed by atoms with van der Waals surface area (Å²) in [7, 11) is 2.14. The highest BCUT2D eigenvalue weighted by atomic mass is 32.2. The van der Waals surface area contributed by atoms with Gasteiger partial charge in [-0.2, -0.15) is 9.78 Å². The van der Waals surface area contributed by atoms with E-state index in [1.54, 1.807) is 27.8 Å². The predicted octanol–water partition coefficient (Wildman–Crippen LogP) is 4.73. The number of benzene rings is 2. The second-order valence-electron chi connectivity index (χ2n) is 7.30. The summed E-state index contributed by atoms with van der Waals surface area (Å²) in [5.41, 5.74) is 3.09. The molecule has 6 heteroatoms. The highest BCUT2D eigenvalue weighted by Crippen LogP contribution is 2.36. The Kier molecular flexibility index (Phi) is 4.99. The van der Waals surface area contributed by atoms with Gasteiger partial charge in [0.1, 0.15) is 4.70 Å². The second kappa shape index (κ2) is 7.78. The van der Waals surface area contributed by atoms with E-state index in [1.807, 2.05) is 36.4 Å². The van der Waals surface area contributed by atoms with Crippen molar-refractivity contribution in [2.45, 2.75) is 23.6 Å². The molecule has 0 amide bonds.